The van der Waals surface area contributed by atoms with Crippen molar-refractivity contribution in [3.05, 3.63) is 140 Å². The molecule has 0 aliphatic rings. The fraction of sp³-hybridized carbons (Fsp3) is 0. The van der Waals surface area contributed by atoms with Crippen LogP contribution in [0.25, 0.3) is 82.9 Å². The molecule has 3 heterocycles. The number of benzene rings is 6. The molecular weight excluding hydrogens is 514 g/mol. The number of nitrogens with zero attached hydrogens (tertiary/aromatic N) is 3. The highest BCUT2D eigenvalue weighted by Gasteiger charge is 2.17. The van der Waals surface area contributed by atoms with Crippen LogP contribution in [0.3, 0.4) is 0 Å². The highest BCUT2D eigenvalue weighted by Crippen LogP contribution is 2.38. The third kappa shape index (κ3) is 3.36. The van der Waals surface area contributed by atoms with Crippen LogP contribution in [0.1, 0.15) is 0 Å². The van der Waals surface area contributed by atoms with Crippen LogP contribution in [0, 0.1) is 0 Å². The van der Waals surface area contributed by atoms with Gasteiger partial charge in [-0.25, -0.2) is 0 Å². The van der Waals surface area contributed by atoms with E-state index >= 15 is 0 Å². The van der Waals surface area contributed by atoms with Crippen molar-refractivity contribution in [3.63, 3.8) is 0 Å². The lowest BCUT2D eigenvalue weighted by atomic mass is 9.97. The molecule has 42 heavy (non-hydrogen) atoms. The number of hydrogen-bond acceptors (Lipinski definition) is 3. The van der Waals surface area contributed by atoms with E-state index in [1.807, 2.05) is 12.1 Å². The molecule has 9 rings (SSSR count). The van der Waals surface area contributed by atoms with Crippen LogP contribution >= 0.6 is 0 Å². The van der Waals surface area contributed by atoms with Gasteiger partial charge < -0.3 is 4.42 Å². The second kappa shape index (κ2) is 8.88. The molecule has 3 aromatic heterocycles. The summed E-state index contributed by atoms with van der Waals surface area (Å²) >= 11 is 0. The highest BCUT2D eigenvalue weighted by atomic mass is 16.3. The summed E-state index contributed by atoms with van der Waals surface area (Å²) in [5.41, 5.74) is 9.26. The van der Waals surface area contributed by atoms with Crippen molar-refractivity contribution in [2.45, 2.75) is 0 Å². The first-order chi connectivity index (χ1) is 20.8. The number of pyridine rings is 1. The lowest BCUT2D eigenvalue weighted by molar-refractivity contribution is 0.670. The smallest absolute Gasteiger partial charge is 0.169 e. The van der Waals surface area contributed by atoms with Crippen LogP contribution in [0.4, 0.5) is 0 Å². The average molecular weight is 538 g/mol. The molecule has 0 saturated carbocycles. The third-order valence-electron chi connectivity index (χ3n) is 8.30. The zero-order chi connectivity index (χ0) is 27.6. The van der Waals surface area contributed by atoms with Gasteiger partial charge in [0.25, 0.3) is 0 Å². The van der Waals surface area contributed by atoms with E-state index in [9.17, 15) is 0 Å². The van der Waals surface area contributed by atoms with E-state index in [1.165, 1.54) is 10.8 Å². The molecule has 0 aliphatic carbocycles. The van der Waals surface area contributed by atoms with Gasteiger partial charge in [0.15, 0.2) is 11.5 Å². The molecule has 0 unspecified atom stereocenters. The largest absolute Gasteiger partial charge is 0.455 e. The molecule has 6 aromatic carbocycles. The van der Waals surface area contributed by atoms with Crippen LogP contribution < -0.4 is 0 Å². The van der Waals surface area contributed by atoms with E-state index < -0.39 is 0 Å². The molecule has 0 saturated heterocycles. The second-order valence-electron chi connectivity index (χ2n) is 10.7. The first kappa shape index (κ1) is 23.0. The SMILES string of the molecule is c1cc(-c2cccc(-c3nnc4c5ccccc5c5ccccc5n34)c2)cc(-c2cccc3c2oc2ccccc23)c1. The lowest BCUT2D eigenvalue weighted by Crippen LogP contribution is -1.94. The molecule has 0 radical (unpaired) electrons. The van der Waals surface area contributed by atoms with E-state index in [0.29, 0.717) is 0 Å². The van der Waals surface area contributed by atoms with Crippen molar-refractivity contribution < 1.29 is 4.42 Å². The van der Waals surface area contributed by atoms with Gasteiger partial charge in [-0.2, -0.15) is 0 Å². The standard InChI is InChI=1S/C38H23N3O/c1-2-17-33-29(14-1)30-15-3-5-20-34(30)41-37(39-40-38(33)41)27-13-8-11-25(23-27)24-10-7-12-26(22-24)28-18-9-19-32-31-16-4-6-21-35(31)42-36(28)32/h1-23H. The zero-order valence-electron chi connectivity index (χ0n) is 22.5. The molecule has 4 heteroatoms. The molecule has 0 bridgehead atoms. The Balaban J connectivity index is 1.20. The topological polar surface area (TPSA) is 43.3 Å². The minimum absolute atomic E-state index is 0.831. The van der Waals surface area contributed by atoms with Crippen LogP contribution in [0.2, 0.25) is 0 Å². The first-order valence-corrected chi connectivity index (χ1v) is 14.1. The molecule has 0 fully saturated rings. The van der Waals surface area contributed by atoms with Crippen molar-refractivity contribution in [3.8, 4) is 33.6 Å². The highest BCUT2D eigenvalue weighted by molar-refractivity contribution is 6.12. The maximum atomic E-state index is 6.34. The number of rotatable bonds is 3. The molecule has 196 valence electrons. The Hall–Kier alpha value is -5.74. The van der Waals surface area contributed by atoms with Gasteiger partial charge in [0.1, 0.15) is 11.2 Å². The van der Waals surface area contributed by atoms with E-state index in [1.54, 1.807) is 0 Å². The normalized spacial score (nSPS) is 11.8. The zero-order valence-corrected chi connectivity index (χ0v) is 22.5. The summed E-state index contributed by atoms with van der Waals surface area (Å²) in [4.78, 5) is 0. The molecule has 4 nitrogen and oxygen atoms in total. The van der Waals surface area contributed by atoms with Gasteiger partial charge in [-0.15, -0.1) is 10.2 Å². The molecule has 0 N–H and O–H groups in total. The quantitative estimate of drug-likeness (QED) is 0.211. The second-order valence-corrected chi connectivity index (χ2v) is 10.7. The summed E-state index contributed by atoms with van der Waals surface area (Å²) in [6.45, 7) is 0. The van der Waals surface area contributed by atoms with Gasteiger partial charge in [0, 0.05) is 32.7 Å². The van der Waals surface area contributed by atoms with Crippen LogP contribution in [-0.4, -0.2) is 14.6 Å². The number of fused-ring (bicyclic) bond motifs is 9. The number of furan rings is 1. The Morgan fingerprint density at radius 2 is 1.07 bits per heavy atom. The summed E-state index contributed by atoms with van der Waals surface area (Å²) in [5.74, 6) is 0.831. The Morgan fingerprint density at radius 3 is 1.93 bits per heavy atom. The monoisotopic (exact) mass is 537 g/mol. The van der Waals surface area contributed by atoms with Gasteiger partial charge in [-0.1, -0.05) is 115 Å². The van der Waals surface area contributed by atoms with Crippen molar-refractivity contribution in [1.82, 2.24) is 14.6 Å². The van der Waals surface area contributed by atoms with Crippen molar-refractivity contribution in [2.75, 3.05) is 0 Å². The van der Waals surface area contributed by atoms with Crippen LogP contribution in [0.5, 0.6) is 0 Å². The Morgan fingerprint density at radius 1 is 0.452 bits per heavy atom. The van der Waals surface area contributed by atoms with Crippen LogP contribution in [0.15, 0.2) is 144 Å². The minimum Gasteiger partial charge on any atom is -0.455 e. The van der Waals surface area contributed by atoms with Crippen molar-refractivity contribution in [2.24, 2.45) is 0 Å². The Bertz CT molecular complexity index is 2480. The molecule has 9 aromatic rings. The summed E-state index contributed by atoms with van der Waals surface area (Å²) in [6.07, 6.45) is 0. The molecule has 0 aliphatic heterocycles. The van der Waals surface area contributed by atoms with E-state index in [4.69, 9.17) is 9.52 Å². The number of aromatic nitrogens is 3. The lowest BCUT2D eigenvalue weighted by Gasteiger charge is -2.11. The molecule has 0 atom stereocenters. The summed E-state index contributed by atoms with van der Waals surface area (Å²) < 4.78 is 8.53. The molecule has 0 amide bonds. The van der Waals surface area contributed by atoms with E-state index in [0.717, 1.165) is 72.1 Å². The first-order valence-electron chi connectivity index (χ1n) is 14.1. The third-order valence-corrected chi connectivity index (χ3v) is 8.30. The van der Waals surface area contributed by atoms with Gasteiger partial charge in [-0.3, -0.25) is 4.40 Å². The van der Waals surface area contributed by atoms with Gasteiger partial charge >= 0.3 is 0 Å². The average Bonchev–Trinajstić information content (AvgIpc) is 3.68. The predicted octanol–water partition coefficient (Wildman–Crippen LogP) is 9.94. The van der Waals surface area contributed by atoms with E-state index in [2.05, 4.69) is 137 Å². The number of hydrogen-bond donors (Lipinski definition) is 0. The van der Waals surface area contributed by atoms with Crippen LogP contribution in [-0.2, 0) is 0 Å². The Labute approximate surface area is 241 Å². The molecule has 0 spiro atoms. The van der Waals surface area contributed by atoms with E-state index in [-0.39, 0.29) is 0 Å². The fourth-order valence-corrected chi connectivity index (χ4v) is 6.36. The predicted molar refractivity (Wildman–Crippen MR) is 172 cm³/mol. The van der Waals surface area contributed by atoms with Crippen molar-refractivity contribution in [1.29, 1.82) is 0 Å². The maximum Gasteiger partial charge on any atom is 0.169 e. The summed E-state index contributed by atoms with van der Waals surface area (Å²) in [5, 5.41) is 15.1. The summed E-state index contributed by atoms with van der Waals surface area (Å²) in [6, 6.07) is 48.7. The summed E-state index contributed by atoms with van der Waals surface area (Å²) in [7, 11) is 0. The van der Waals surface area contributed by atoms with Gasteiger partial charge in [0.05, 0.1) is 5.52 Å². The minimum atomic E-state index is 0.831. The Kier molecular flexibility index (Phi) is 4.87. The number of para-hydroxylation sites is 3. The molecular formula is C38H23N3O. The maximum absolute atomic E-state index is 6.34. The fourth-order valence-electron chi connectivity index (χ4n) is 6.36. The van der Waals surface area contributed by atoms with Gasteiger partial charge in [0.2, 0.25) is 0 Å². The van der Waals surface area contributed by atoms with Crippen molar-refractivity contribution >= 4 is 49.3 Å². The van der Waals surface area contributed by atoms with Gasteiger partial charge in [-0.05, 0) is 46.3 Å².